The van der Waals surface area contributed by atoms with Crippen LogP contribution in [0.2, 0.25) is 0 Å². The van der Waals surface area contributed by atoms with Gasteiger partial charge in [-0.2, -0.15) is 0 Å². The monoisotopic (exact) mass is 251 g/mol. The molecule has 0 radical (unpaired) electrons. The maximum Gasteiger partial charge on any atom is 0.128 e. The van der Waals surface area contributed by atoms with Crippen LogP contribution in [-0.4, -0.2) is 22.8 Å². The molecule has 1 aromatic rings. The lowest BCUT2D eigenvalue weighted by Crippen LogP contribution is -2.40. The fraction of sp³-hybridized carbons (Fsp3) is 0.600. The Bertz CT molecular complexity index is 403. The van der Waals surface area contributed by atoms with Crippen LogP contribution in [0.4, 0.5) is 0 Å². The molecular weight excluding hydrogens is 226 g/mol. The molecule has 0 unspecified atom stereocenters. The molecule has 0 atom stereocenters. The second kappa shape index (κ2) is 5.29. The molecule has 18 heavy (non-hydrogen) atoms. The van der Waals surface area contributed by atoms with Crippen LogP contribution >= 0.6 is 0 Å². The van der Waals surface area contributed by atoms with Gasteiger partial charge in [-0.3, -0.25) is 0 Å². The third-order valence-electron chi connectivity index (χ3n) is 3.54. The van der Waals surface area contributed by atoms with Crippen LogP contribution in [0.5, 0.6) is 5.75 Å². The SMILES string of the molecule is CC[N+]([O-])(CC)Cc1cccc(C(C)(C)C)c1O. The number of hydrogen-bond acceptors (Lipinski definition) is 2. The Morgan fingerprint density at radius 2 is 1.72 bits per heavy atom. The first-order valence-electron chi connectivity index (χ1n) is 6.62. The molecule has 0 aliphatic heterocycles. The van der Waals surface area contributed by atoms with Crippen LogP contribution in [0.15, 0.2) is 18.2 Å². The molecule has 0 heterocycles. The molecule has 102 valence electrons. The molecule has 0 aliphatic carbocycles. The molecule has 0 saturated carbocycles. The summed E-state index contributed by atoms with van der Waals surface area (Å²) in [7, 11) is 0. The first kappa shape index (κ1) is 15.0. The predicted octanol–water partition coefficient (Wildman–Crippen LogP) is 3.54. The van der Waals surface area contributed by atoms with Crippen LogP contribution < -0.4 is 0 Å². The van der Waals surface area contributed by atoms with E-state index in [2.05, 4.69) is 20.8 Å². The van der Waals surface area contributed by atoms with Crippen molar-refractivity contribution in [3.63, 3.8) is 0 Å². The van der Waals surface area contributed by atoms with Crippen molar-refractivity contribution in [1.82, 2.24) is 0 Å². The summed E-state index contributed by atoms with van der Waals surface area (Å²) in [5.74, 6) is 0.283. The van der Waals surface area contributed by atoms with E-state index in [9.17, 15) is 10.3 Å². The van der Waals surface area contributed by atoms with E-state index in [1.807, 2.05) is 32.0 Å². The second-order valence-electron chi connectivity index (χ2n) is 5.91. The number of phenolic OH excluding ortho intramolecular Hbond substituents is 1. The lowest BCUT2D eigenvalue weighted by molar-refractivity contribution is -0.890. The van der Waals surface area contributed by atoms with Crippen molar-refractivity contribution in [3.05, 3.63) is 34.5 Å². The first-order chi connectivity index (χ1) is 8.23. The number of phenols is 1. The van der Waals surface area contributed by atoms with Gasteiger partial charge >= 0.3 is 0 Å². The van der Waals surface area contributed by atoms with Gasteiger partial charge in [-0.1, -0.05) is 32.9 Å². The van der Waals surface area contributed by atoms with Gasteiger partial charge in [0.25, 0.3) is 0 Å². The van der Waals surface area contributed by atoms with Crippen molar-refractivity contribution >= 4 is 0 Å². The highest BCUT2D eigenvalue weighted by Crippen LogP contribution is 2.34. The van der Waals surface area contributed by atoms with Gasteiger partial charge in [0.1, 0.15) is 12.3 Å². The Morgan fingerprint density at radius 1 is 1.17 bits per heavy atom. The Morgan fingerprint density at radius 3 is 2.17 bits per heavy atom. The van der Waals surface area contributed by atoms with E-state index in [1.165, 1.54) is 0 Å². The molecule has 0 aromatic heterocycles. The third-order valence-corrected chi connectivity index (χ3v) is 3.54. The largest absolute Gasteiger partial charge is 0.633 e. The summed E-state index contributed by atoms with van der Waals surface area (Å²) in [5.41, 5.74) is 1.54. The van der Waals surface area contributed by atoms with Crippen molar-refractivity contribution in [1.29, 1.82) is 0 Å². The maximum atomic E-state index is 12.3. The fourth-order valence-corrected chi connectivity index (χ4v) is 2.08. The van der Waals surface area contributed by atoms with Crippen molar-refractivity contribution in [2.24, 2.45) is 0 Å². The van der Waals surface area contributed by atoms with E-state index in [4.69, 9.17) is 0 Å². The zero-order valence-electron chi connectivity index (χ0n) is 12.2. The minimum absolute atomic E-state index is 0.114. The summed E-state index contributed by atoms with van der Waals surface area (Å²) in [6.45, 7) is 11.3. The highest BCUT2D eigenvalue weighted by atomic mass is 16.5. The van der Waals surface area contributed by atoms with Crippen LogP contribution in [-0.2, 0) is 12.0 Å². The van der Waals surface area contributed by atoms with Crippen molar-refractivity contribution in [2.45, 2.75) is 46.6 Å². The first-order valence-corrected chi connectivity index (χ1v) is 6.62. The molecule has 0 bridgehead atoms. The van der Waals surface area contributed by atoms with Crippen LogP contribution in [0.1, 0.15) is 45.7 Å². The number of hydroxylamine groups is 3. The molecular formula is C15H25NO2. The normalized spacial score (nSPS) is 12.8. The molecule has 0 aliphatic rings. The number of para-hydroxylation sites is 1. The van der Waals surface area contributed by atoms with E-state index in [0.717, 1.165) is 11.1 Å². The summed E-state index contributed by atoms with van der Waals surface area (Å²) < 4.78 is -0.291. The van der Waals surface area contributed by atoms with Crippen LogP contribution in [0, 0.1) is 5.21 Å². The molecule has 0 saturated heterocycles. The topological polar surface area (TPSA) is 43.3 Å². The highest BCUT2D eigenvalue weighted by Gasteiger charge is 2.22. The summed E-state index contributed by atoms with van der Waals surface area (Å²) in [6.07, 6.45) is 0. The summed E-state index contributed by atoms with van der Waals surface area (Å²) in [5, 5.41) is 22.7. The van der Waals surface area contributed by atoms with Gasteiger partial charge in [0.15, 0.2) is 0 Å². The zero-order valence-corrected chi connectivity index (χ0v) is 12.2. The molecule has 0 fully saturated rings. The quantitative estimate of drug-likeness (QED) is 0.657. The Hall–Kier alpha value is -1.06. The number of aromatic hydroxyl groups is 1. The van der Waals surface area contributed by atoms with Gasteiger partial charge in [-0.05, 0) is 30.9 Å². The minimum Gasteiger partial charge on any atom is -0.633 e. The molecule has 0 spiro atoms. The second-order valence-corrected chi connectivity index (χ2v) is 5.91. The molecule has 0 amide bonds. The van der Waals surface area contributed by atoms with E-state index in [-0.39, 0.29) is 15.8 Å². The Labute approximate surface area is 110 Å². The average molecular weight is 251 g/mol. The molecule has 1 aromatic carbocycles. The van der Waals surface area contributed by atoms with E-state index < -0.39 is 0 Å². The van der Waals surface area contributed by atoms with Gasteiger partial charge in [0.05, 0.1) is 13.1 Å². The van der Waals surface area contributed by atoms with Crippen LogP contribution in [0.25, 0.3) is 0 Å². The zero-order chi connectivity index (χ0) is 14.0. The lowest BCUT2D eigenvalue weighted by Gasteiger charge is -2.41. The maximum absolute atomic E-state index is 12.3. The summed E-state index contributed by atoms with van der Waals surface area (Å²) in [4.78, 5) is 0. The van der Waals surface area contributed by atoms with Gasteiger partial charge < -0.3 is 15.0 Å². The predicted molar refractivity (Wildman–Crippen MR) is 75.2 cm³/mol. The van der Waals surface area contributed by atoms with Crippen molar-refractivity contribution in [3.8, 4) is 5.75 Å². The Kier molecular flexibility index (Phi) is 4.41. The third kappa shape index (κ3) is 3.24. The summed E-state index contributed by atoms with van der Waals surface area (Å²) >= 11 is 0. The average Bonchev–Trinajstić information content (AvgIpc) is 2.30. The standard InChI is InChI=1S/C15H25NO2/c1-6-16(18,7-2)11-12-9-8-10-13(14(12)17)15(3,4)5/h8-10,17H,6-7,11H2,1-5H3. The van der Waals surface area contributed by atoms with Crippen molar-refractivity contribution in [2.75, 3.05) is 13.1 Å². The van der Waals surface area contributed by atoms with Crippen LogP contribution in [0.3, 0.4) is 0 Å². The van der Waals surface area contributed by atoms with E-state index >= 15 is 0 Å². The lowest BCUT2D eigenvalue weighted by atomic mass is 9.85. The van der Waals surface area contributed by atoms with Crippen molar-refractivity contribution < 1.29 is 9.75 Å². The number of nitrogens with zero attached hydrogens (tertiary/aromatic N) is 1. The Balaban J connectivity index is 3.13. The number of rotatable bonds is 4. The number of hydrogen-bond donors (Lipinski definition) is 1. The summed E-state index contributed by atoms with van der Waals surface area (Å²) in [6, 6.07) is 5.70. The number of benzene rings is 1. The van der Waals surface area contributed by atoms with Gasteiger partial charge in [-0.25, -0.2) is 0 Å². The number of quaternary nitrogens is 1. The van der Waals surface area contributed by atoms with Gasteiger partial charge in [-0.15, -0.1) is 0 Å². The smallest absolute Gasteiger partial charge is 0.128 e. The van der Waals surface area contributed by atoms with Gasteiger partial charge in [0, 0.05) is 5.56 Å². The highest BCUT2D eigenvalue weighted by molar-refractivity contribution is 5.43. The molecule has 3 nitrogen and oxygen atoms in total. The minimum atomic E-state index is -0.291. The fourth-order valence-electron chi connectivity index (χ4n) is 2.08. The molecule has 1 N–H and O–H groups in total. The van der Waals surface area contributed by atoms with E-state index in [0.29, 0.717) is 19.6 Å². The molecule has 1 rings (SSSR count). The van der Waals surface area contributed by atoms with E-state index in [1.54, 1.807) is 0 Å². The molecule has 3 heteroatoms. The van der Waals surface area contributed by atoms with Gasteiger partial charge in [0.2, 0.25) is 0 Å².